The lowest BCUT2D eigenvalue weighted by Gasteiger charge is -2.13. The van der Waals surface area contributed by atoms with Crippen molar-refractivity contribution in [3.05, 3.63) is 69.4 Å². The van der Waals surface area contributed by atoms with Crippen molar-refractivity contribution in [2.24, 2.45) is 0 Å². The summed E-state index contributed by atoms with van der Waals surface area (Å²) in [6.45, 7) is 1.96. The van der Waals surface area contributed by atoms with Crippen molar-refractivity contribution in [3.8, 4) is 0 Å². The Bertz CT molecular complexity index is 860. The Morgan fingerprint density at radius 2 is 1.96 bits per heavy atom. The van der Waals surface area contributed by atoms with Gasteiger partial charge in [0.2, 0.25) is 5.91 Å². The Balaban J connectivity index is 1.48. The first kappa shape index (κ1) is 18.8. The highest BCUT2D eigenvalue weighted by atomic mass is 32.2. The summed E-state index contributed by atoms with van der Waals surface area (Å²) in [5.41, 5.74) is 1.81. The number of thiazole rings is 1. The molecule has 0 saturated heterocycles. The molecule has 0 spiro atoms. The van der Waals surface area contributed by atoms with Gasteiger partial charge in [-0.3, -0.25) is 9.59 Å². The van der Waals surface area contributed by atoms with Crippen LogP contribution in [0.3, 0.4) is 0 Å². The number of amides is 1. The second kappa shape index (κ2) is 9.12. The third-order valence-corrected chi connectivity index (χ3v) is 6.65. The molecule has 0 fully saturated rings. The van der Waals surface area contributed by atoms with Crippen molar-refractivity contribution < 1.29 is 9.59 Å². The van der Waals surface area contributed by atoms with Crippen molar-refractivity contribution in [3.63, 3.8) is 0 Å². The minimum atomic E-state index is -0.0575. The molecule has 2 aromatic heterocycles. The molecule has 1 aromatic carbocycles. The van der Waals surface area contributed by atoms with Gasteiger partial charge in [-0.05, 0) is 23.9 Å². The summed E-state index contributed by atoms with van der Waals surface area (Å²) in [7, 11) is 0. The zero-order valence-electron chi connectivity index (χ0n) is 14.2. The molecule has 0 aliphatic rings. The van der Waals surface area contributed by atoms with Crippen molar-refractivity contribution in [1.29, 1.82) is 0 Å². The van der Waals surface area contributed by atoms with E-state index in [1.807, 2.05) is 60.1 Å². The predicted molar refractivity (Wildman–Crippen MR) is 108 cm³/mol. The SMILES string of the molecule is C[C@H](NC(=O)Cc1csc(SCC(=O)c2cccs2)n1)c1ccccc1. The predicted octanol–water partition coefficient (Wildman–Crippen LogP) is 4.60. The Hall–Kier alpha value is -1.96. The van der Waals surface area contributed by atoms with E-state index in [9.17, 15) is 9.59 Å². The molecular formula is C19H18N2O2S3. The van der Waals surface area contributed by atoms with Crippen LogP contribution in [0, 0.1) is 0 Å². The number of ketones is 1. The molecule has 0 unspecified atom stereocenters. The number of nitrogens with zero attached hydrogens (tertiary/aromatic N) is 1. The summed E-state index contributed by atoms with van der Waals surface area (Å²) >= 11 is 4.34. The number of thiophene rings is 1. The van der Waals surface area contributed by atoms with Crippen LogP contribution >= 0.6 is 34.4 Å². The Morgan fingerprint density at radius 1 is 1.15 bits per heavy atom. The Morgan fingerprint density at radius 3 is 2.69 bits per heavy atom. The fourth-order valence-corrected chi connectivity index (χ4v) is 4.84. The molecule has 4 nitrogen and oxygen atoms in total. The van der Waals surface area contributed by atoms with Gasteiger partial charge in [0.25, 0.3) is 0 Å². The molecule has 0 aliphatic heterocycles. The first-order chi connectivity index (χ1) is 12.6. The van der Waals surface area contributed by atoms with E-state index in [0.717, 1.165) is 20.5 Å². The van der Waals surface area contributed by atoms with Crippen LogP contribution in [0.2, 0.25) is 0 Å². The number of rotatable bonds is 8. The van der Waals surface area contributed by atoms with E-state index in [-0.39, 0.29) is 24.2 Å². The summed E-state index contributed by atoms with van der Waals surface area (Å²) < 4.78 is 0.814. The van der Waals surface area contributed by atoms with Crippen LogP contribution in [0.25, 0.3) is 0 Å². The molecule has 0 radical (unpaired) electrons. The van der Waals surface area contributed by atoms with Crippen LogP contribution in [-0.4, -0.2) is 22.4 Å². The topological polar surface area (TPSA) is 59.1 Å². The van der Waals surface area contributed by atoms with Crippen LogP contribution in [0.5, 0.6) is 0 Å². The van der Waals surface area contributed by atoms with Gasteiger partial charge < -0.3 is 5.32 Å². The molecule has 0 saturated carbocycles. The fourth-order valence-electron chi connectivity index (χ4n) is 2.35. The highest BCUT2D eigenvalue weighted by molar-refractivity contribution is 8.01. The lowest BCUT2D eigenvalue weighted by atomic mass is 10.1. The van der Waals surface area contributed by atoms with E-state index in [0.29, 0.717) is 5.75 Å². The van der Waals surface area contributed by atoms with Crippen LogP contribution in [0.4, 0.5) is 0 Å². The van der Waals surface area contributed by atoms with Crippen LogP contribution < -0.4 is 5.32 Å². The number of Topliss-reactive ketones (excluding diaryl/α,β-unsaturated/α-hetero) is 1. The number of aromatic nitrogens is 1. The fraction of sp³-hybridized carbons (Fsp3) is 0.211. The molecule has 0 aliphatic carbocycles. The molecule has 1 amide bonds. The third-order valence-electron chi connectivity index (χ3n) is 3.67. The minimum absolute atomic E-state index is 0.0420. The van der Waals surface area contributed by atoms with Gasteiger partial charge in [-0.25, -0.2) is 4.98 Å². The summed E-state index contributed by atoms with van der Waals surface area (Å²) in [5, 5.41) is 6.77. The number of hydrogen-bond donors (Lipinski definition) is 1. The van der Waals surface area contributed by atoms with Crippen LogP contribution in [-0.2, 0) is 11.2 Å². The molecular weight excluding hydrogens is 384 g/mol. The van der Waals surface area contributed by atoms with Gasteiger partial charge in [0.15, 0.2) is 10.1 Å². The molecule has 1 atom stereocenters. The average Bonchev–Trinajstić information content (AvgIpc) is 3.32. The lowest BCUT2D eigenvalue weighted by molar-refractivity contribution is -0.121. The molecule has 0 bridgehead atoms. The maximum Gasteiger partial charge on any atom is 0.226 e. The van der Waals surface area contributed by atoms with E-state index in [4.69, 9.17) is 0 Å². The van der Waals surface area contributed by atoms with Crippen molar-refractivity contribution in [1.82, 2.24) is 10.3 Å². The number of benzene rings is 1. The zero-order valence-corrected chi connectivity index (χ0v) is 16.6. The van der Waals surface area contributed by atoms with E-state index < -0.39 is 0 Å². The minimum Gasteiger partial charge on any atom is -0.349 e. The van der Waals surface area contributed by atoms with Crippen molar-refractivity contribution in [2.45, 2.75) is 23.7 Å². The highest BCUT2D eigenvalue weighted by Gasteiger charge is 2.13. The number of nitrogens with one attached hydrogen (secondary N) is 1. The average molecular weight is 403 g/mol. The maximum atomic E-state index is 12.2. The first-order valence-electron chi connectivity index (χ1n) is 8.10. The van der Waals surface area contributed by atoms with Gasteiger partial charge in [-0.1, -0.05) is 48.2 Å². The first-order valence-corrected chi connectivity index (χ1v) is 10.8. The van der Waals surface area contributed by atoms with Gasteiger partial charge in [-0.15, -0.1) is 22.7 Å². The quantitative estimate of drug-likeness (QED) is 0.442. The summed E-state index contributed by atoms with van der Waals surface area (Å²) in [4.78, 5) is 29.5. The molecule has 134 valence electrons. The normalized spacial score (nSPS) is 11.9. The van der Waals surface area contributed by atoms with Gasteiger partial charge in [0.1, 0.15) is 0 Å². The maximum absolute atomic E-state index is 12.2. The van der Waals surface area contributed by atoms with E-state index in [2.05, 4.69) is 10.3 Å². The summed E-state index contributed by atoms with van der Waals surface area (Å²) in [5.74, 6) is 0.416. The molecule has 2 heterocycles. The van der Waals surface area contributed by atoms with Gasteiger partial charge in [-0.2, -0.15) is 0 Å². The number of carbonyl (C=O) groups is 2. The van der Waals surface area contributed by atoms with E-state index >= 15 is 0 Å². The highest BCUT2D eigenvalue weighted by Crippen LogP contribution is 2.24. The monoisotopic (exact) mass is 402 g/mol. The Labute approximate surface area is 164 Å². The summed E-state index contributed by atoms with van der Waals surface area (Å²) in [6, 6.07) is 13.5. The molecule has 7 heteroatoms. The number of carbonyl (C=O) groups excluding carboxylic acids is 2. The molecule has 3 aromatic rings. The zero-order chi connectivity index (χ0) is 18.4. The van der Waals surface area contributed by atoms with Crippen molar-refractivity contribution in [2.75, 3.05) is 5.75 Å². The van der Waals surface area contributed by atoms with Crippen molar-refractivity contribution >= 4 is 46.1 Å². The number of hydrogen-bond acceptors (Lipinski definition) is 6. The molecule has 3 rings (SSSR count). The van der Waals surface area contributed by atoms with Crippen LogP contribution in [0.15, 0.2) is 57.6 Å². The summed E-state index contributed by atoms with van der Waals surface area (Å²) in [6.07, 6.45) is 0.243. The molecule has 1 N–H and O–H groups in total. The van der Waals surface area contributed by atoms with Crippen LogP contribution in [0.1, 0.15) is 33.9 Å². The lowest BCUT2D eigenvalue weighted by Crippen LogP contribution is -2.28. The third kappa shape index (κ3) is 5.27. The van der Waals surface area contributed by atoms with E-state index in [1.165, 1.54) is 34.4 Å². The number of thioether (sulfide) groups is 1. The molecule has 26 heavy (non-hydrogen) atoms. The largest absolute Gasteiger partial charge is 0.349 e. The van der Waals surface area contributed by atoms with Gasteiger partial charge >= 0.3 is 0 Å². The van der Waals surface area contributed by atoms with Gasteiger partial charge in [0.05, 0.1) is 28.8 Å². The second-order valence-corrected chi connectivity index (χ2v) is 8.70. The Kier molecular flexibility index (Phi) is 6.60. The van der Waals surface area contributed by atoms with E-state index in [1.54, 1.807) is 0 Å². The van der Waals surface area contributed by atoms with Gasteiger partial charge in [0, 0.05) is 5.38 Å². The standard InChI is InChI=1S/C19H18N2O2S3/c1-13(14-6-3-2-4-7-14)20-18(23)10-15-11-25-19(21-15)26-12-16(22)17-8-5-9-24-17/h2-9,11,13H,10,12H2,1H3,(H,20,23)/t13-/m0/s1. The smallest absolute Gasteiger partial charge is 0.226 e. The second-order valence-electron chi connectivity index (χ2n) is 5.67.